The zero-order chi connectivity index (χ0) is 13.9. The molecular weight excluding hydrogens is 239 g/mol. The third-order valence-corrected chi connectivity index (χ3v) is 4.47. The standard InChI is InChI=1S/C16H25FN2/c1-12(2)13-4-3-9-16(10-13,11-18)19-15-7-5-14(17)6-8-15/h5-8,12-13,19H,3-4,9-11,18H2,1-2H3. The Morgan fingerprint density at radius 3 is 2.63 bits per heavy atom. The molecular formula is C16H25FN2. The number of halogens is 1. The molecule has 0 spiro atoms. The van der Waals surface area contributed by atoms with Crippen LogP contribution in [0, 0.1) is 17.7 Å². The highest BCUT2D eigenvalue weighted by atomic mass is 19.1. The fourth-order valence-corrected chi connectivity index (χ4v) is 3.17. The van der Waals surface area contributed by atoms with Crippen molar-refractivity contribution in [3.63, 3.8) is 0 Å². The summed E-state index contributed by atoms with van der Waals surface area (Å²) in [5.41, 5.74) is 6.99. The third kappa shape index (κ3) is 3.47. The largest absolute Gasteiger partial charge is 0.378 e. The number of nitrogens with two attached hydrogens (primary N) is 1. The molecule has 1 aromatic carbocycles. The second kappa shape index (κ2) is 5.91. The van der Waals surface area contributed by atoms with E-state index >= 15 is 0 Å². The third-order valence-electron chi connectivity index (χ3n) is 4.47. The molecule has 2 nitrogen and oxygen atoms in total. The Bertz CT molecular complexity index is 402. The Balaban J connectivity index is 2.11. The van der Waals surface area contributed by atoms with Gasteiger partial charge in [0.2, 0.25) is 0 Å². The van der Waals surface area contributed by atoms with Crippen LogP contribution < -0.4 is 11.1 Å². The van der Waals surface area contributed by atoms with Crippen LogP contribution in [0.2, 0.25) is 0 Å². The minimum atomic E-state index is -0.198. The Labute approximate surface area is 115 Å². The lowest BCUT2D eigenvalue weighted by atomic mass is 9.71. The summed E-state index contributed by atoms with van der Waals surface area (Å²) in [5, 5.41) is 3.56. The second-order valence-electron chi connectivity index (χ2n) is 6.22. The van der Waals surface area contributed by atoms with Gasteiger partial charge in [0.1, 0.15) is 5.82 Å². The number of benzene rings is 1. The molecule has 3 heteroatoms. The van der Waals surface area contributed by atoms with E-state index in [1.165, 1.54) is 25.0 Å². The molecule has 2 unspecified atom stereocenters. The molecule has 0 saturated heterocycles. The highest BCUT2D eigenvalue weighted by Crippen LogP contribution is 2.38. The summed E-state index contributed by atoms with van der Waals surface area (Å²) in [6, 6.07) is 6.59. The molecule has 2 rings (SSSR count). The lowest BCUT2D eigenvalue weighted by Crippen LogP contribution is -2.49. The smallest absolute Gasteiger partial charge is 0.123 e. The first kappa shape index (κ1) is 14.3. The number of hydrogen-bond acceptors (Lipinski definition) is 2. The van der Waals surface area contributed by atoms with Crippen LogP contribution in [0.25, 0.3) is 0 Å². The van der Waals surface area contributed by atoms with Crippen LogP contribution in [0.4, 0.5) is 10.1 Å². The lowest BCUT2D eigenvalue weighted by molar-refractivity contribution is 0.203. The van der Waals surface area contributed by atoms with E-state index in [9.17, 15) is 4.39 Å². The normalized spacial score (nSPS) is 27.5. The van der Waals surface area contributed by atoms with Gasteiger partial charge < -0.3 is 11.1 Å². The summed E-state index contributed by atoms with van der Waals surface area (Å²) in [4.78, 5) is 0. The zero-order valence-corrected chi connectivity index (χ0v) is 12.0. The molecule has 19 heavy (non-hydrogen) atoms. The Morgan fingerprint density at radius 2 is 2.05 bits per heavy atom. The second-order valence-corrected chi connectivity index (χ2v) is 6.22. The Kier molecular flexibility index (Phi) is 4.46. The zero-order valence-electron chi connectivity index (χ0n) is 12.0. The molecule has 0 aromatic heterocycles. The molecule has 0 heterocycles. The van der Waals surface area contributed by atoms with Crippen molar-refractivity contribution >= 4 is 5.69 Å². The molecule has 0 aliphatic heterocycles. The van der Waals surface area contributed by atoms with Gasteiger partial charge in [-0.1, -0.05) is 26.7 Å². The predicted octanol–water partition coefficient (Wildman–Crippen LogP) is 3.78. The van der Waals surface area contributed by atoms with Crippen LogP contribution in [-0.2, 0) is 0 Å². The molecule has 1 fully saturated rings. The topological polar surface area (TPSA) is 38.0 Å². The van der Waals surface area contributed by atoms with E-state index in [1.54, 1.807) is 12.1 Å². The highest BCUT2D eigenvalue weighted by molar-refractivity contribution is 5.45. The van der Waals surface area contributed by atoms with E-state index in [0.717, 1.165) is 24.4 Å². The number of nitrogens with one attached hydrogen (secondary N) is 1. The molecule has 0 bridgehead atoms. The van der Waals surface area contributed by atoms with Gasteiger partial charge in [0.25, 0.3) is 0 Å². The van der Waals surface area contributed by atoms with Crippen molar-refractivity contribution < 1.29 is 4.39 Å². The average Bonchev–Trinajstić information content (AvgIpc) is 2.42. The van der Waals surface area contributed by atoms with Crippen LogP contribution in [0.15, 0.2) is 24.3 Å². The minimum Gasteiger partial charge on any atom is -0.378 e. The van der Waals surface area contributed by atoms with Gasteiger partial charge in [0, 0.05) is 17.8 Å². The van der Waals surface area contributed by atoms with Crippen LogP contribution in [0.5, 0.6) is 0 Å². The average molecular weight is 264 g/mol. The van der Waals surface area contributed by atoms with Gasteiger partial charge in [0.05, 0.1) is 0 Å². The van der Waals surface area contributed by atoms with Gasteiger partial charge in [-0.3, -0.25) is 0 Å². The Morgan fingerprint density at radius 1 is 1.37 bits per heavy atom. The molecule has 3 N–H and O–H groups in total. The summed E-state index contributed by atoms with van der Waals surface area (Å²) in [6.07, 6.45) is 4.72. The fourth-order valence-electron chi connectivity index (χ4n) is 3.17. The first-order chi connectivity index (χ1) is 9.04. The van der Waals surface area contributed by atoms with Gasteiger partial charge in [0.15, 0.2) is 0 Å². The van der Waals surface area contributed by atoms with Crippen molar-refractivity contribution in [2.24, 2.45) is 17.6 Å². The van der Waals surface area contributed by atoms with Crippen molar-refractivity contribution in [1.29, 1.82) is 0 Å². The maximum atomic E-state index is 13.0. The first-order valence-corrected chi connectivity index (χ1v) is 7.28. The van der Waals surface area contributed by atoms with Crippen molar-refractivity contribution in [2.45, 2.75) is 45.1 Å². The summed E-state index contributed by atoms with van der Waals surface area (Å²) in [6.45, 7) is 5.21. The summed E-state index contributed by atoms with van der Waals surface area (Å²) in [5.74, 6) is 1.22. The number of rotatable bonds is 4. The van der Waals surface area contributed by atoms with Crippen molar-refractivity contribution in [3.05, 3.63) is 30.1 Å². The maximum absolute atomic E-state index is 13.0. The van der Waals surface area contributed by atoms with Crippen molar-refractivity contribution in [3.8, 4) is 0 Å². The van der Waals surface area contributed by atoms with E-state index in [4.69, 9.17) is 5.73 Å². The van der Waals surface area contributed by atoms with E-state index in [-0.39, 0.29) is 11.4 Å². The van der Waals surface area contributed by atoms with E-state index in [2.05, 4.69) is 19.2 Å². The van der Waals surface area contributed by atoms with E-state index in [0.29, 0.717) is 12.5 Å². The predicted molar refractivity (Wildman–Crippen MR) is 78.6 cm³/mol. The van der Waals surface area contributed by atoms with Crippen LogP contribution in [-0.4, -0.2) is 12.1 Å². The van der Waals surface area contributed by atoms with Crippen LogP contribution in [0.3, 0.4) is 0 Å². The molecule has 0 radical (unpaired) electrons. The first-order valence-electron chi connectivity index (χ1n) is 7.28. The van der Waals surface area contributed by atoms with E-state index in [1.807, 2.05) is 0 Å². The van der Waals surface area contributed by atoms with Gasteiger partial charge >= 0.3 is 0 Å². The lowest BCUT2D eigenvalue weighted by Gasteiger charge is -2.43. The van der Waals surface area contributed by atoms with Crippen molar-refractivity contribution in [1.82, 2.24) is 0 Å². The summed E-state index contributed by atoms with van der Waals surface area (Å²) >= 11 is 0. The monoisotopic (exact) mass is 264 g/mol. The maximum Gasteiger partial charge on any atom is 0.123 e. The molecule has 1 saturated carbocycles. The van der Waals surface area contributed by atoms with Gasteiger partial charge in [-0.05, 0) is 48.9 Å². The number of anilines is 1. The van der Waals surface area contributed by atoms with Crippen LogP contribution >= 0.6 is 0 Å². The van der Waals surface area contributed by atoms with Crippen molar-refractivity contribution in [2.75, 3.05) is 11.9 Å². The van der Waals surface area contributed by atoms with Gasteiger partial charge in [-0.25, -0.2) is 4.39 Å². The molecule has 1 aliphatic rings. The van der Waals surface area contributed by atoms with E-state index < -0.39 is 0 Å². The van der Waals surface area contributed by atoms with Gasteiger partial charge in [-0.2, -0.15) is 0 Å². The van der Waals surface area contributed by atoms with Gasteiger partial charge in [-0.15, -0.1) is 0 Å². The summed E-state index contributed by atoms with van der Waals surface area (Å²) in [7, 11) is 0. The Hall–Kier alpha value is -1.09. The van der Waals surface area contributed by atoms with Crippen LogP contribution in [0.1, 0.15) is 39.5 Å². The molecule has 2 atom stereocenters. The molecule has 106 valence electrons. The number of hydrogen-bond donors (Lipinski definition) is 2. The quantitative estimate of drug-likeness (QED) is 0.868. The highest BCUT2D eigenvalue weighted by Gasteiger charge is 2.36. The molecule has 1 aromatic rings. The molecule has 1 aliphatic carbocycles. The summed E-state index contributed by atoms with van der Waals surface area (Å²) < 4.78 is 13.0. The SMILES string of the molecule is CC(C)C1CCCC(CN)(Nc2ccc(F)cc2)C1. The molecule has 0 amide bonds. The minimum absolute atomic E-state index is 0.0228. The fraction of sp³-hybridized carbons (Fsp3) is 0.625.